The van der Waals surface area contributed by atoms with Crippen LogP contribution < -0.4 is 5.32 Å². The van der Waals surface area contributed by atoms with E-state index in [2.05, 4.69) is 19.2 Å². The van der Waals surface area contributed by atoms with Gasteiger partial charge in [-0.05, 0) is 57.9 Å². The highest BCUT2D eigenvalue weighted by molar-refractivity contribution is 4.87. The highest BCUT2D eigenvalue weighted by Gasteiger charge is 2.31. The summed E-state index contributed by atoms with van der Waals surface area (Å²) in [7, 11) is 0. The molecule has 15 heavy (non-hydrogen) atoms. The molecular formula is C13H25NO. The maximum Gasteiger partial charge on any atom is 0.0580 e. The van der Waals surface area contributed by atoms with Crippen LogP contribution in [0.25, 0.3) is 0 Å². The maximum atomic E-state index is 5.86. The van der Waals surface area contributed by atoms with E-state index in [1.165, 1.54) is 38.5 Å². The summed E-state index contributed by atoms with van der Waals surface area (Å²) >= 11 is 0. The van der Waals surface area contributed by atoms with E-state index < -0.39 is 0 Å². The molecule has 0 spiro atoms. The van der Waals surface area contributed by atoms with E-state index >= 15 is 0 Å². The summed E-state index contributed by atoms with van der Waals surface area (Å²) < 4.78 is 5.86. The lowest BCUT2D eigenvalue weighted by Gasteiger charge is -2.19. The van der Waals surface area contributed by atoms with Gasteiger partial charge in [0.15, 0.2) is 0 Å². The molecule has 3 unspecified atom stereocenters. The van der Waals surface area contributed by atoms with Crippen LogP contribution in [0.15, 0.2) is 0 Å². The molecule has 0 aromatic heterocycles. The molecule has 1 heterocycles. The minimum Gasteiger partial charge on any atom is -0.375 e. The molecule has 1 N–H and O–H groups in total. The van der Waals surface area contributed by atoms with Crippen molar-refractivity contribution >= 4 is 0 Å². The summed E-state index contributed by atoms with van der Waals surface area (Å²) in [5, 5.41) is 3.62. The minimum atomic E-state index is 0.508. The average Bonchev–Trinajstić information content (AvgIpc) is 2.97. The fourth-order valence-corrected chi connectivity index (χ4v) is 2.73. The molecule has 1 aliphatic heterocycles. The van der Waals surface area contributed by atoms with Gasteiger partial charge in [-0.2, -0.15) is 0 Å². The molecule has 0 aromatic rings. The van der Waals surface area contributed by atoms with Gasteiger partial charge in [0.05, 0.1) is 12.2 Å². The van der Waals surface area contributed by atoms with Crippen LogP contribution in [0, 0.1) is 5.92 Å². The SMILES string of the molecule is CCNC(CCC1CCC(C)O1)C1CC1. The van der Waals surface area contributed by atoms with Crippen LogP contribution in [0.5, 0.6) is 0 Å². The van der Waals surface area contributed by atoms with E-state index in [0.29, 0.717) is 12.2 Å². The van der Waals surface area contributed by atoms with Gasteiger partial charge in [-0.25, -0.2) is 0 Å². The van der Waals surface area contributed by atoms with Gasteiger partial charge < -0.3 is 10.1 Å². The first-order valence-corrected chi connectivity index (χ1v) is 6.68. The van der Waals surface area contributed by atoms with Crippen molar-refractivity contribution < 1.29 is 4.74 Å². The van der Waals surface area contributed by atoms with Gasteiger partial charge in [-0.1, -0.05) is 6.92 Å². The van der Waals surface area contributed by atoms with E-state index in [-0.39, 0.29) is 0 Å². The summed E-state index contributed by atoms with van der Waals surface area (Å²) in [5.41, 5.74) is 0. The molecule has 2 nitrogen and oxygen atoms in total. The molecule has 1 aliphatic carbocycles. The Labute approximate surface area is 93.8 Å². The van der Waals surface area contributed by atoms with Gasteiger partial charge in [0.1, 0.15) is 0 Å². The molecule has 1 saturated carbocycles. The van der Waals surface area contributed by atoms with Crippen molar-refractivity contribution in [3.63, 3.8) is 0 Å². The van der Waals surface area contributed by atoms with Gasteiger partial charge >= 0.3 is 0 Å². The second-order valence-electron chi connectivity index (χ2n) is 5.23. The molecule has 2 aliphatic rings. The molecule has 0 bridgehead atoms. The van der Waals surface area contributed by atoms with Crippen LogP contribution in [0.3, 0.4) is 0 Å². The fourth-order valence-electron chi connectivity index (χ4n) is 2.73. The Hall–Kier alpha value is -0.0800. The van der Waals surface area contributed by atoms with Gasteiger partial charge in [0.2, 0.25) is 0 Å². The van der Waals surface area contributed by atoms with Crippen LogP contribution >= 0.6 is 0 Å². The second-order valence-corrected chi connectivity index (χ2v) is 5.23. The monoisotopic (exact) mass is 211 g/mol. The normalized spacial score (nSPS) is 33.2. The van der Waals surface area contributed by atoms with E-state index in [4.69, 9.17) is 4.74 Å². The zero-order chi connectivity index (χ0) is 10.7. The molecule has 2 fully saturated rings. The molecule has 88 valence electrons. The smallest absolute Gasteiger partial charge is 0.0580 e. The van der Waals surface area contributed by atoms with Crippen molar-refractivity contribution in [3.8, 4) is 0 Å². The third kappa shape index (κ3) is 3.46. The lowest BCUT2D eigenvalue weighted by Crippen LogP contribution is -2.31. The van der Waals surface area contributed by atoms with Crippen LogP contribution in [0.1, 0.15) is 52.4 Å². The van der Waals surface area contributed by atoms with Crippen LogP contribution in [0.2, 0.25) is 0 Å². The van der Waals surface area contributed by atoms with Gasteiger partial charge in [-0.3, -0.25) is 0 Å². The predicted octanol–water partition coefficient (Wildman–Crippen LogP) is 2.72. The van der Waals surface area contributed by atoms with Crippen molar-refractivity contribution in [2.45, 2.75) is 70.6 Å². The van der Waals surface area contributed by atoms with Crippen molar-refractivity contribution in [2.24, 2.45) is 5.92 Å². The van der Waals surface area contributed by atoms with Crippen LogP contribution in [-0.2, 0) is 4.74 Å². The summed E-state index contributed by atoms with van der Waals surface area (Å²) in [6.07, 6.45) is 9.08. The number of hydrogen-bond acceptors (Lipinski definition) is 2. The lowest BCUT2D eigenvalue weighted by molar-refractivity contribution is 0.0477. The van der Waals surface area contributed by atoms with Crippen molar-refractivity contribution in [2.75, 3.05) is 6.54 Å². The number of ether oxygens (including phenoxy) is 1. The summed E-state index contributed by atoms with van der Waals surface area (Å²) in [6.45, 7) is 5.52. The maximum absolute atomic E-state index is 5.86. The highest BCUT2D eigenvalue weighted by atomic mass is 16.5. The Morgan fingerprint density at radius 3 is 2.60 bits per heavy atom. The van der Waals surface area contributed by atoms with Crippen molar-refractivity contribution in [1.29, 1.82) is 0 Å². The second kappa shape index (κ2) is 5.31. The molecule has 2 heteroatoms. The molecule has 3 atom stereocenters. The standard InChI is InChI=1S/C13H25NO/c1-3-14-13(11-5-6-11)9-8-12-7-4-10(2)15-12/h10-14H,3-9H2,1-2H3. The first-order chi connectivity index (χ1) is 7.29. The predicted molar refractivity (Wildman–Crippen MR) is 63.0 cm³/mol. The van der Waals surface area contributed by atoms with E-state index in [1.54, 1.807) is 0 Å². The molecule has 1 saturated heterocycles. The Kier molecular flexibility index (Phi) is 4.04. The number of rotatable bonds is 6. The van der Waals surface area contributed by atoms with Gasteiger partial charge in [0.25, 0.3) is 0 Å². The van der Waals surface area contributed by atoms with Gasteiger partial charge in [-0.15, -0.1) is 0 Å². The Bertz CT molecular complexity index is 191. The summed E-state index contributed by atoms with van der Waals surface area (Å²) in [6, 6.07) is 0.773. The zero-order valence-electron chi connectivity index (χ0n) is 10.2. The molecule has 0 aromatic carbocycles. The van der Waals surface area contributed by atoms with Crippen LogP contribution in [-0.4, -0.2) is 24.8 Å². The van der Waals surface area contributed by atoms with Crippen LogP contribution in [0.4, 0.5) is 0 Å². The topological polar surface area (TPSA) is 21.3 Å². The number of nitrogens with one attached hydrogen (secondary N) is 1. The van der Waals surface area contributed by atoms with Gasteiger partial charge in [0, 0.05) is 6.04 Å². The third-order valence-electron chi connectivity index (χ3n) is 3.78. The largest absolute Gasteiger partial charge is 0.375 e. The molecule has 0 amide bonds. The number of hydrogen-bond donors (Lipinski definition) is 1. The van der Waals surface area contributed by atoms with E-state index in [1.807, 2.05) is 0 Å². The molecule has 0 radical (unpaired) electrons. The first-order valence-electron chi connectivity index (χ1n) is 6.68. The quantitative estimate of drug-likeness (QED) is 0.729. The molecule has 2 rings (SSSR count). The Morgan fingerprint density at radius 1 is 1.27 bits per heavy atom. The zero-order valence-corrected chi connectivity index (χ0v) is 10.2. The Balaban J connectivity index is 1.66. The first kappa shape index (κ1) is 11.4. The fraction of sp³-hybridized carbons (Fsp3) is 1.00. The van der Waals surface area contributed by atoms with Crippen molar-refractivity contribution in [3.05, 3.63) is 0 Å². The summed E-state index contributed by atoms with van der Waals surface area (Å²) in [4.78, 5) is 0. The highest BCUT2D eigenvalue weighted by Crippen LogP contribution is 2.35. The third-order valence-corrected chi connectivity index (χ3v) is 3.78. The minimum absolute atomic E-state index is 0.508. The van der Waals surface area contributed by atoms with Crippen molar-refractivity contribution in [1.82, 2.24) is 5.32 Å². The van der Waals surface area contributed by atoms with E-state index in [9.17, 15) is 0 Å². The Morgan fingerprint density at radius 2 is 2.07 bits per heavy atom. The molecular weight excluding hydrogens is 186 g/mol. The average molecular weight is 211 g/mol. The lowest BCUT2D eigenvalue weighted by atomic mass is 10.0. The van der Waals surface area contributed by atoms with E-state index in [0.717, 1.165) is 18.5 Å². The summed E-state index contributed by atoms with van der Waals surface area (Å²) in [5.74, 6) is 0.976.